The first-order chi connectivity index (χ1) is 36.1. The number of anilines is 2. The number of alkyl halides is 2. The highest BCUT2D eigenvalue weighted by molar-refractivity contribution is 7.93. The number of sulfonamides is 2. The fourth-order valence-corrected chi connectivity index (χ4v) is 13.6. The van der Waals surface area contributed by atoms with Gasteiger partial charge >= 0.3 is 6.43 Å². The topological polar surface area (TPSA) is 230 Å². The Hall–Kier alpha value is -5.83. The van der Waals surface area contributed by atoms with Gasteiger partial charge in [0.25, 0.3) is 5.89 Å². The predicted molar refractivity (Wildman–Crippen MR) is 274 cm³/mol. The Morgan fingerprint density at radius 1 is 0.684 bits per heavy atom. The molecule has 76 heavy (non-hydrogen) atoms. The lowest BCUT2D eigenvalue weighted by Gasteiger charge is -2.47. The smallest absolute Gasteiger partial charge is 0.314 e. The van der Waals surface area contributed by atoms with E-state index in [0.29, 0.717) is 95.0 Å². The molecule has 0 spiro atoms. The van der Waals surface area contributed by atoms with Crippen LogP contribution in [0.5, 0.6) is 0 Å². The van der Waals surface area contributed by atoms with E-state index in [-0.39, 0.29) is 82.2 Å². The van der Waals surface area contributed by atoms with E-state index in [2.05, 4.69) is 30.0 Å². The maximum atomic E-state index is 13.9. The number of Topliss-reactive ketones (excluding diaryl/α,β-unsaturated/α-hetero) is 1. The van der Waals surface area contributed by atoms with E-state index >= 15 is 0 Å². The van der Waals surface area contributed by atoms with Gasteiger partial charge in [0, 0.05) is 70.1 Å². The fraction of sp³-hybridized carbons (Fsp3) is 0.449. The van der Waals surface area contributed by atoms with Crippen LogP contribution in [0, 0.1) is 11.6 Å². The number of hydrogen-bond acceptors (Lipinski definition) is 15. The highest BCUT2D eigenvalue weighted by atomic mass is 35.5. The number of pyridine rings is 2. The van der Waals surface area contributed by atoms with Gasteiger partial charge in [-0.05, 0) is 113 Å². The second-order valence-corrected chi connectivity index (χ2v) is 24.0. The van der Waals surface area contributed by atoms with E-state index in [1.807, 2.05) is 0 Å². The average Bonchev–Trinajstić information content (AvgIpc) is 3.89. The normalized spacial score (nSPS) is 17.4. The van der Waals surface area contributed by atoms with Gasteiger partial charge in [-0.3, -0.25) is 42.8 Å². The molecule has 2 aromatic carbocycles. The van der Waals surface area contributed by atoms with Gasteiger partial charge < -0.3 is 20.0 Å². The van der Waals surface area contributed by atoms with Crippen LogP contribution in [0.3, 0.4) is 0 Å². The average molecular weight is 1140 g/mol. The third kappa shape index (κ3) is 12.8. The Balaban J connectivity index is 0.000000203. The van der Waals surface area contributed by atoms with E-state index in [9.17, 15) is 48.8 Å². The number of hydrogen-bond donors (Lipinski definition) is 1. The van der Waals surface area contributed by atoms with E-state index in [0.717, 1.165) is 12.1 Å². The van der Waals surface area contributed by atoms with Gasteiger partial charge in [0.1, 0.15) is 11.6 Å². The summed E-state index contributed by atoms with van der Waals surface area (Å²) < 4.78 is 116. The van der Waals surface area contributed by atoms with E-state index < -0.39 is 54.5 Å². The van der Waals surface area contributed by atoms with Gasteiger partial charge in [-0.15, -0.1) is 10.2 Å². The maximum Gasteiger partial charge on any atom is 0.314 e. The highest BCUT2D eigenvalue weighted by Gasteiger charge is 2.42. The van der Waals surface area contributed by atoms with Crippen molar-refractivity contribution in [3.8, 4) is 11.5 Å². The summed E-state index contributed by atoms with van der Waals surface area (Å²) in [5.74, 6) is -2.48. The molecule has 9 rings (SSSR count). The van der Waals surface area contributed by atoms with Crippen molar-refractivity contribution in [3.05, 3.63) is 118 Å². The van der Waals surface area contributed by atoms with Crippen molar-refractivity contribution in [1.82, 2.24) is 39.8 Å². The van der Waals surface area contributed by atoms with E-state index in [1.165, 1.54) is 64.3 Å². The second kappa shape index (κ2) is 23.8. The number of rotatable bonds is 16. The van der Waals surface area contributed by atoms with Gasteiger partial charge in [0.05, 0.1) is 68.5 Å². The van der Waals surface area contributed by atoms with Gasteiger partial charge in [0.2, 0.25) is 37.8 Å². The van der Waals surface area contributed by atoms with Crippen LogP contribution >= 0.6 is 23.2 Å². The molecule has 0 saturated carbocycles. The molecule has 0 radical (unpaired) electrons. The molecule has 4 fully saturated rings. The summed E-state index contributed by atoms with van der Waals surface area (Å²) in [7, 11) is -7.80. The summed E-state index contributed by atoms with van der Waals surface area (Å²) in [4.78, 5) is 51.3. The van der Waals surface area contributed by atoms with Crippen molar-refractivity contribution < 1.29 is 53.2 Å². The van der Waals surface area contributed by atoms with Crippen LogP contribution in [0.2, 0.25) is 10.0 Å². The maximum absolute atomic E-state index is 13.9. The first kappa shape index (κ1) is 56.4. The molecule has 4 saturated heterocycles. The lowest BCUT2D eigenvalue weighted by molar-refractivity contribution is -0.137. The Kier molecular flexibility index (Phi) is 17.7. The summed E-state index contributed by atoms with van der Waals surface area (Å²) in [6, 6.07) is 14.2. The molecule has 2 N–H and O–H groups in total. The summed E-state index contributed by atoms with van der Waals surface area (Å²) in [6.07, 6.45) is 1.42. The molecule has 3 aromatic heterocycles. The number of carbonyl (C=O) groups is 3. The summed E-state index contributed by atoms with van der Waals surface area (Å²) in [5, 5.41) is 5.15. The lowest BCUT2D eigenvalue weighted by Crippen LogP contribution is -2.62. The quantitative estimate of drug-likeness (QED) is 0.0891. The number of carbonyl (C=O) groups excluding carboxylic acids is 3. The minimum absolute atomic E-state index is 0.0268. The Bertz CT molecular complexity index is 3120. The summed E-state index contributed by atoms with van der Waals surface area (Å²) in [6.45, 7) is 7.61. The molecular weight excluding hydrogens is 1080 g/mol. The van der Waals surface area contributed by atoms with E-state index in [1.54, 1.807) is 28.9 Å². The molecular formula is C49H55Cl2F4N11O8S2. The minimum atomic E-state index is -3.94. The zero-order valence-electron chi connectivity index (χ0n) is 41.3. The van der Waals surface area contributed by atoms with Gasteiger partial charge in [-0.1, -0.05) is 23.2 Å². The molecule has 4 aliphatic heterocycles. The standard InChI is InChI=1S/C25H26ClF3N6O4S.C24H29ClFN5O4S/c1-15(36)34-13-19(14-34)33-8-6-20(7-9-33)40(37,38)35(18-4-5-22(27)21(26)10-18)12-17-3-2-16(11-30-17)24-31-32-25(39-24)23(28)29;1-16(32)30-14-20(15-30)29-8-6-21(7-9-29)36(34,35)31(19-4-5-23(26)22(25)10-19)13-18-3-2-17(12-28-18)24(33)11-27/h2-5,10-11,19-20,23H,6-9,12-14H2,1H3;2-5,10,12,20-21H,6-9,11,13-15,27H2,1H3. The van der Waals surface area contributed by atoms with Crippen LogP contribution in [-0.2, 0) is 42.7 Å². The van der Waals surface area contributed by atoms with Crippen molar-refractivity contribution in [3.63, 3.8) is 0 Å². The number of aromatic nitrogens is 4. The van der Waals surface area contributed by atoms with Crippen molar-refractivity contribution in [1.29, 1.82) is 0 Å². The van der Waals surface area contributed by atoms with Gasteiger partial charge in [-0.25, -0.2) is 25.6 Å². The first-order valence-electron chi connectivity index (χ1n) is 24.3. The molecule has 0 bridgehead atoms. The third-order valence-electron chi connectivity index (χ3n) is 14.1. The molecule has 408 valence electrons. The predicted octanol–water partition coefficient (Wildman–Crippen LogP) is 5.94. The van der Waals surface area contributed by atoms with Crippen LogP contribution in [0.1, 0.15) is 73.6 Å². The van der Waals surface area contributed by atoms with Crippen molar-refractivity contribution in [2.24, 2.45) is 5.73 Å². The van der Waals surface area contributed by atoms with Crippen LogP contribution in [-0.4, -0.2) is 156 Å². The zero-order chi connectivity index (χ0) is 54.6. The molecule has 0 atom stereocenters. The SMILES string of the molecule is CC(=O)N1CC(N2CCC(S(=O)(=O)N(Cc3ccc(-c4nnc(C(F)F)o4)cn3)c3ccc(F)c(Cl)c3)CC2)C1.CC(=O)N1CC(N2CCC(S(=O)(=O)N(Cc3ccc(C(=O)CN)cn3)c3ccc(F)c(Cl)c3)CC2)C1. The van der Waals surface area contributed by atoms with Crippen molar-refractivity contribution in [2.45, 2.75) is 81.6 Å². The second-order valence-electron chi connectivity index (χ2n) is 18.9. The summed E-state index contributed by atoms with van der Waals surface area (Å²) >= 11 is 12.0. The molecule has 2 amide bonds. The Morgan fingerprint density at radius 2 is 1.13 bits per heavy atom. The molecule has 0 unspecified atom stereocenters. The fourth-order valence-electron chi connectivity index (χ4n) is 9.44. The molecule has 19 nitrogen and oxygen atoms in total. The van der Waals surface area contributed by atoms with Crippen molar-refractivity contribution >= 4 is 72.2 Å². The zero-order valence-corrected chi connectivity index (χ0v) is 44.5. The number of ketones is 1. The Labute approximate surface area is 447 Å². The first-order valence-corrected chi connectivity index (χ1v) is 28.1. The van der Waals surface area contributed by atoms with E-state index in [4.69, 9.17) is 33.4 Å². The minimum Gasteiger partial charge on any atom is -0.415 e. The number of nitrogens with zero attached hydrogens (tertiary/aromatic N) is 10. The van der Waals surface area contributed by atoms with Crippen LogP contribution in [0.4, 0.5) is 28.9 Å². The number of nitrogens with two attached hydrogens (primary N) is 1. The third-order valence-corrected chi connectivity index (χ3v) is 19.2. The molecule has 0 aliphatic carbocycles. The molecule has 4 aliphatic rings. The van der Waals surface area contributed by atoms with Crippen LogP contribution in [0.15, 0.2) is 77.5 Å². The van der Waals surface area contributed by atoms with Crippen molar-refractivity contribution in [2.75, 3.05) is 67.5 Å². The monoisotopic (exact) mass is 1140 g/mol. The molecule has 7 heterocycles. The Morgan fingerprint density at radius 3 is 1.49 bits per heavy atom. The number of amides is 2. The van der Waals surface area contributed by atoms with Gasteiger partial charge in [0.15, 0.2) is 5.78 Å². The number of halogens is 6. The number of piperidine rings is 2. The highest BCUT2D eigenvalue weighted by Crippen LogP contribution is 2.34. The van der Waals surface area contributed by atoms with Gasteiger partial charge in [-0.2, -0.15) is 8.78 Å². The van der Waals surface area contributed by atoms with Crippen LogP contribution in [0.25, 0.3) is 11.5 Å². The molecule has 5 aromatic rings. The number of benzene rings is 2. The largest absolute Gasteiger partial charge is 0.415 e. The number of likely N-dealkylation sites (tertiary alicyclic amines) is 4. The lowest BCUT2D eigenvalue weighted by atomic mass is 10.0. The molecule has 27 heteroatoms. The summed E-state index contributed by atoms with van der Waals surface area (Å²) in [5.41, 5.74) is 7.22. The van der Waals surface area contributed by atoms with Crippen LogP contribution < -0.4 is 14.3 Å².